The lowest BCUT2D eigenvalue weighted by Crippen LogP contribution is -1.92. The minimum absolute atomic E-state index is 0.723. The van der Waals surface area contributed by atoms with E-state index in [0.29, 0.717) is 0 Å². The lowest BCUT2D eigenvalue weighted by atomic mass is 10.5. The highest BCUT2D eigenvalue weighted by atomic mass is 79.9. The van der Waals surface area contributed by atoms with E-state index in [1.165, 1.54) is 11.8 Å². The van der Waals surface area contributed by atoms with E-state index in [1.54, 1.807) is 0 Å². The monoisotopic (exact) mass is 321 g/mol. The second kappa shape index (κ2) is 4.66. The number of hydrogen-bond donors (Lipinski definition) is 0. The van der Waals surface area contributed by atoms with Crippen molar-refractivity contribution in [3.63, 3.8) is 0 Å². The van der Waals surface area contributed by atoms with Crippen LogP contribution in [0.2, 0.25) is 0 Å². The van der Waals surface area contributed by atoms with Crippen molar-refractivity contribution in [2.75, 3.05) is 0 Å². The fourth-order valence-electron chi connectivity index (χ4n) is 1.54. The molecule has 3 heterocycles. The Morgan fingerprint density at radius 1 is 1.22 bits per heavy atom. The molecule has 0 saturated carbocycles. The first kappa shape index (κ1) is 11.6. The van der Waals surface area contributed by atoms with E-state index in [4.69, 9.17) is 0 Å². The Morgan fingerprint density at radius 2 is 2.11 bits per heavy atom. The summed E-state index contributed by atoms with van der Waals surface area (Å²) in [6.45, 7) is 1.86. The summed E-state index contributed by atoms with van der Waals surface area (Å²) in [5, 5.41) is 9.87. The predicted octanol–water partition coefficient (Wildman–Crippen LogP) is 2.74. The third-order valence-electron chi connectivity index (χ3n) is 2.26. The SMILES string of the molecule is Cc1nc(Br)cc(Sc2nnc3ccccn23)n1. The Labute approximate surface area is 116 Å². The van der Waals surface area contributed by atoms with Gasteiger partial charge >= 0.3 is 0 Å². The van der Waals surface area contributed by atoms with Gasteiger partial charge in [-0.1, -0.05) is 6.07 Å². The Morgan fingerprint density at radius 3 is 2.94 bits per heavy atom. The molecular formula is C11H8BrN5S. The lowest BCUT2D eigenvalue weighted by molar-refractivity contribution is 0.904. The van der Waals surface area contributed by atoms with Gasteiger partial charge < -0.3 is 0 Å². The number of aryl methyl sites for hydroxylation is 1. The molecule has 0 saturated heterocycles. The first-order valence-corrected chi connectivity index (χ1v) is 6.82. The molecule has 0 fully saturated rings. The maximum atomic E-state index is 4.36. The predicted molar refractivity (Wildman–Crippen MR) is 71.6 cm³/mol. The minimum Gasteiger partial charge on any atom is -0.277 e. The van der Waals surface area contributed by atoms with E-state index in [-0.39, 0.29) is 0 Å². The molecule has 0 N–H and O–H groups in total. The number of aromatic nitrogens is 5. The summed E-state index contributed by atoms with van der Waals surface area (Å²) in [7, 11) is 0. The van der Waals surface area contributed by atoms with Gasteiger partial charge in [0.05, 0.1) is 0 Å². The molecule has 0 spiro atoms. The van der Waals surface area contributed by atoms with E-state index < -0.39 is 0 Å². The molecule has 0 aromatic carbocycles. The molecule has 18 heavy (non-hydrogen) atoms. The van der Waals surface area contributed by atoms with E-state index in [2.05, 4.69) is 36.1 Å². The lowest BCUT2D eigenvalue weighted by Gasteiger charge is -2.01. The maximum Gasteiger partial charge on any atom is 0.201 e. The van der Waals surface area contributed by atoms with E-state index in [1.807, 2.05) is 41.8 Å². The van der Waals surface area contributed by atoms with Crippen molar-refractivity contribution in [3.8, 4) is 0 Å². The van der Waals surface area contributed by atoms with Crippen LogP contribution < -0.4 is 0 Å². The number of fused-ring (bicyclic) bond motifs is 1. The molecule has 0 amide bonds. The van der Waals surface area contributed by atoms with Crippen molar-refractivity contribution in [1.29, 1.82) is 0 Å². The second-order valence-corrected chi connectivity index (χ2v) is 5.39. The highest BCUT2D eigenvalue weighted by molar-refractivity contribution is 9.10. The molecule has 0 aliphatic heterocycles. The molecular weight excluding hydrogens is 314 g/mol. The molecule has 7 heteroatoms. The smallest absolute Gasteiger partial charge is 0.201 e. The molecule has 0 aliphatic carbocycles. The average Bonchev–Trinajstić information content (AvgIpc) is 2.72. The molecule has 90 valence electrons. The van der Waals surface area contributed by atoms with Gasteiger partial charge in [-0.25, -0.2) is 9.97 Å². The van der Waals surface area contributed by atoms with Crippen molar-refractivity contribution >= 4 is 33.3 Å². The molecule has 5 nitrogen and oxygen atoms in total. The van der Waals surface area contributed by atoms with Crippen molar-refractivity contribution in [3.05, 3.63) is 40.9 Å². The Bertz CT molecular complexity index is 691. The third-order valence-corrected chi connectivity index (χ3v) is 3.55. The first-order valence-electron chi connectivity index (χ1n) is 5.21. The van der Waals surface area contributed by atoms with Gasteiger partial charge in [0, 0.05) is 12.3 Å². The summed E-state index contributed by atoms with van der Waals surface area (Å²) >= 11 is 4.82. The van der Waals surface area contributed by atoms with E-state index >= 15 is 0 Å². The van der Waals surface area contributed by atoms with Crippen molar-refractivity contribution in [1.82, 2.24) is 24.6 Å². The number of hydrogen-bond acceptors (Lipinski definition) is 5. The van der Waals surface area contributed by atoms with Crippen LogP contribution in [0.25, 0.3) is 5.65 Å². The van der Waals surface area contributed by atoms with Crippen LogP contribution in [0.4, 0.5) is 0 Å². The fourth-order valence-corrected chi connectivity index (χ4v) is 3.04. The van der Waals surface area contributed by atoms with Crippen molar-refractivity contribution in [2.24, 2.45) is 0 Å². The summed E-state index contributed by atoms with van der Waals surface area (Å²) in [5.74, 6) is 0.723. The highest BCUT2D eigenvalue weighted by Gasteiger charge is 2.08. The summed E-state index contributed by atoms with van der Waals surface area (Å²) in [5.41, 5.74) is 0.824. The largest absolute Gasteiger partial charge is 0.277 e. The Balaban J connectivity index is 2.01. The van der Waals surface area contributed by atoms with Crippen molar-refractivity contribution in [2.45, 2.75) is 17.1 Å². The van der Waals surface area contributed by atoms with Gasteiger partial charge in [0.1, 0.15) is 15.5 Å². The zero-order valence-corrected chi connectivity index (χ0v) is 11.8. The van der Waals surface area contributed by atoms with Gasteiger partial charge in [-0.2, -0.15) is 0 Å². The van der Waals surface area contributed by atoms with E-state index in [9.17, 15) is 0 Å². The molecule has 3 aromatic rings. The maximum absolute atomic E-state index is 4.36. The summed E-state index contributed by atoms with van der Waals surface area (Å²) < 4.78 is 2.70. The molecule has 0 atom stereocenters. The normalized spacial score (nSPS) is 11.0. The van der Waals surface area contributed by atoms with Crippen LogP contribution in [0.15, 0.2) is 45.2 Å². The van der Waals surface area contributed by atoms with Crippen LogP contribution in [-0.2, 0) is 0 Å². The number of rotatable bonds is 2. The van der Waals surface area contributed by atoms with Gasteiger partial charge in [0.15, 0.2) is 5.65 Å². The standard InChI is InChI=1S/C11H8BrN5S/c1-7-13-8(12)6-10(14-7)18-11-16-15-9-4-2-3-5-17(9)11/h2-6H,1H3. The van der Waals surface area contributed by atoms with E-state index in [0.717, 1.165) is 26.3 Å². The Hall–Kier alpha value is -1.47. The summed E-state index contributed by atoms with van der Waals surface area (Å²) in [6, 6.07) is 7.66. The number of halogens is 1. The summed E-state index contributed by atoms with van der Waals surface area (Å²) in [6.07, 6.45) is 1.93. The van der Waals surface area contributed by atoms with Crippen LogP contribution in [0.1, 0.15) is 5.82 Å². The summed E-state index contributed by atoms with van der Waals surface area (Å²) in [4.78, 5) is 8.53. The van der Waals surface area contributed by atoms with Crippen LogP contribution in [0, 0.1) is 6.92 Å². The van der Waals surface area contributed by atoms with Gasteiger partial charge in [0.2, 0.25) is 5.16 Å². The molecule has 3 rings (SSSR count). The fraction of sp³-hybridized carbons (Fsp3) is 0.0909. The van der Waals surface area contributed by atoms with Gasteiger partial charge in [0.25, 0.3) is 0 Å². The van der Waals surface area contributed by atoms with Crippen LogP contribution in [0.3, 0.4) is 0 Å². The Kier molecular flexibility index (Phi) is 3.00. The zero-order valence-electron chi connectivity index (χ0n) is 9.41. The average molecular weight is 322 g/mol. The molecule has 0 radical (unpaired) electrons. The number of pyridine rings is 1. The molecule has 0 bridgehead atoms. The topological polar surface area (TPSA) is 56.0 Å². The molecule has 0 aliphatic rings. The van der Waals surface area contributed by atoms with Gasteiger partial charge in [-0.3, -0.25) is 4.40 Å². The number of nitrogens with zero attached hydrogens (tertiary/aromatic N) is 5. The third kappa shape index (κ3) is 2.23. The highest BCUT2D eigenvalue weighted by Crippen LogP contribution is 2.26. The van der Waals surface area contributed by atoms with Crippen LogP contribution in [-0.4, -0.2) is 24.6 Å². The van der Waals surface area contributed by atoms with Gasteiger partial charge in [-0.05, 0) is 46.7 Å². The minimum atomic E-state index is 0.723. The molecule has 0 unspecified atom stereocenters. The van der Waals surface area contributed by atoms with Gasteiger partial charge in [-0.15, -0.1) is 10.2 Å². The first-order chi connectivity index (χ1) is 8.72. The van der Waals surface area contributed by atoms with Crippen LogP contribution >= 0.6 is 27.7 Å². The zero-order chi connectivity index (χ0) is 12.5. The second-order valence-electron chi connectivity index (χ2n) is 3.59. The van der Waals surface area contributed by atoms with Crippen molar-refractivity contribution < 1.29 is 0 Å². The van der Waals surface area contributed by atoms with Crippen LogP contribution in [0.5, 0.6) is 0 Å². The quantitative estimate of drug-likeness (QED) is 0.679. The molecule has 3 aromatic heterocycles.